The maximum atomic E-state index is 13.8. The Hall–Kier alpha value is -3.73. The molecule has 2 aliphatic carbocycles. The Morgan fingerprint density at radius 1 is 0.911 bits per heavy atom. The number of aliphatic hydroxyl groups is 1. The van der Waals surface area contributed by atoms with Crippen molar-refractivity contribution in [1.29, 1.82) is 0 Å². The fraction of sp³-hybridized carbons (Fsp3) is 0.514. The number of methoxy groups -OCH3 is 2. The van der Waals surface area contributed by atoms with Crippen molar-refractivity contribution in [2.75, 3.05) is 47.2 Å². The molecule has 2 saturated heterocycles. The van der Waals surface area contributed by atoms with Crippen LogP contribution >= 0.6 is 0 Å². The number of rotatable bonds is 3. The Bertz CT molecular complexity index is 1730. The molecule has 0 aromatic heterocycles. The first-order valence-electron chi connectivity index (χ1n) is 16.2. The van der Waals surface area contributed by atoms with E-state index in [1.54, 1.807) is 14.2 Å². The number of ether oxygens (including phenoxy) is 6. The number of hydrogen-bond donors (Lipinski definition) is 1. The summed E-state index contributed by atoms with van der Waals surface area (Å²) >= 11 is 0. The van der Waals surface area contributed by atoms with Crippen molar-refractivity contribution in [3.63, 3.8) is 0 Å². The normalized spacial score (nSPS) is 35.4. The van der Waals surface area contributed by atoms with Gasteiger partial charge in [-0.1, -0.05) is 0 Å². The number of fused-ring (bicyclic) bond motifs is 6. The van der Waals surface area contributed by atoms with E-state index in [0.29, 0.717) is 17.3 Å². The summed E-state index contributed by atoms with van der Waals surface area (Å²) in [7, 11) is 3.23. The topological polar surface area (TPSA) is 99.2 Å². The minimum absolute atomic E-state index is 0.0305. The van der Waals surface area contributed by atoms with Crippen LogP contribution in [0.4, 0.5) is 0 Å². The second kappa shape index (κ2) is 9.18. The van der Waals surface area contributed by atoms with E-state index in [9.17, 15) is 9.90 Å². The summed E-state index contributed by atoms with van der Waals surface area (Å²) in [5.41, 5.74) is 5.15. The molecule has 2 fully saturated rings. The van der Waals surface area contributed by atoms with Crippen LogP contribution in [-0.2, 0) is 27.1 Å². The molecule has 10 nitrogen and oxygen atoms in total. The summed E-state index contributed by atoms with van der Waals surface area (Å²) in [5.74, 6) is 3.39. The predicted octanol–water partition coefficient (Wildman–Crippen LogP) is 3.02. The lowest BCUT2D eigenvalue weighted by Gasteiger charge is -2.36. The zero-order valence-corrected chi connectivity index (χ0v) is 25.4. The van der Waals surface area contributed by atoms with Gasteiger partial charge in [0.15, 0.2) is 28.8 Å². The smallest absolute Gasteiger partial charge is 0.249 e. The molecule has 8 aliphatic rings. The molecule has 2 aromatic carbocycles. The third-order valence-corrected chi connectivity index (χ3v) is 11.8. The monoisotopic (exact) mass is 612 g/mol. The van der Waals surface area contributed by atoms with Crippen molar-refractivity contribution in [1.82, 2.24) is 9.80 Å². The maximum Gasteiger partial charge on any atom is 0.249 e. The van der Waals surface area contributed by atoms with Gasteiger partial charge in [-0.25, -0.2) is 0 Å². The third kappa shape index (κ3) is 3.37. The summed E-state index contributed by atoms with van der Waals surface area (Å²) in [5, 5.41) is 11.7. The SMILES string of the molecule is COC1=C[C@]23CCCN2CCc2cc4c(cc2[C@@H]3C1=O)OC(C1CN2CCc3cc5c(cc3[C@@H]3C(O)C(OC)=C1C32)OCO5)O4. The second-order valence-electron chi connectivity index (χ2n) is 13.6. The highest BCUT2D eigenvalue weighted by atomic mass is 16.7. The zero-order chi connectivity index (χ0) is 30.2. The molecule has 7 atom stereocenters. The molecule has 0 saturated carbocycles. The largest absolute Gasteiger partial charge is 0.498 e. The molecule has 0 radical (unpaired) electrons. The van der Waals surface area contributed by atoms with E-state index >= 15 is 0 Å². The number of allylic oxidation sites excluding steroid dienone is 1. The van der Waals surface area contributed by atoms with Gasteiger partial charge in [-0.15, -0.1) is 0 Å². The number of hydrogen-bond acceptors (Lipinski definition) is 10. The van der Waals surface area contributed by atoms with Gasteiger partial charge in [0.1, 0.15) is 11.9 Å². The van der Waals surface area contributed by atoms with Crippen LogP contribution in [0, 0.1) is 5.92 Å². The highest BCUT2D eigenvalue weighted by Gasteiger charge is 2.59. The lowest BCUT2D eigenvalue weighted by Crippen LogP contribution is -2.46. The molecule has 1 spiro atoms. The number of Topliss-reactive ketones (excluding diaryl/α,β-unsaturated/α-hetero) is 1. The predicted molar refractivity (Wildman–Crippen MR) is 159 cm³/mol. The molecule has 0 amide bonds. The van der Waals surface area contributed by atoms with E-state index in [1.165, 1.54) is 5.56 Å². The van der Waals surface area contributed by atoms with E-state index in [0.717, 1.165) is 91.4 Å². The van der Waals surface area contributed by atoms with E-state index in [-0.39, 0.29) is 41.9 Å². The van der Waals surface area contributed by atoms with Crippen LogP contribution in [-0.4, -0.2) is 91.9 Å². The van der Waals surface area contributed by atoms with Crippen molar-refractivity contribution >= 4 is 5.78 Å². The van der Waals surface area contributed by atoms with Gasteiger partial charge >= 0.3 is 0 Å². The lowest BCUT2D eigenvalue weighted by molar-refractivity contribution is -0.120. The molecule has 2 aromatic rings. The van der Waals surface area contributed by atoms with Crippen molar-refractivity contribution in [3.8, 4) is 23.0 Å². The average molecular weight is 613 g/mol. The number of carbonyl (C=O) groups excluding carboxylic acids is 1. The van der Waals surface area contributed by atoms with Crippen LogP contribution in [0.5, 0.6) is 23.0 Å². The van der Waals surface area contributed by atoms with Crippen molar-refractivity contribution < 1.29 is 38.3 Å². The number of carbonyl (C=O) groups is 1. The average Bonchev–Trinajstić information content (AvgIpc) is 3.87. The van der Waals surface area contributed by atoms with Gasteiger partial charge in [-0.3, -0.25) is 14.6 Å². The van der Waals surface area contributed by atoms with E-state index in [2.05, 4.69) is 40.1 Å². The molecular formula is C35H36N2O8. The lowest BCUT2D eigenvalue weighted by atomic mass is 9.78. The third-order valence-electron chi connectivity index (χ3n) is 11.8. The van der Waals surface area contributed by atoms with Gasteiger partial charge < -0.3 is 33.5 Å². The van der Waals surface area contributed by atoms with Crippen LogP contribution in [0.1, 0.15) is 46.9 Å². The van der Waals surface area contributed by atoms with Gasteiger partial charge in [0.2, 0.25) is 18.9 Å². The van der Waals surface area contributed by atoms with E-state index in [1.807, 2.05) is 0 Å². The number of ketones is 1. The minimum atomic E-state index is -0.793. The highest BCUT2D eigenvalue weighted by Crippen LogP contribution is 2.57. The zero-order valence-electron chi connectivity index (χ0n) is 25.4. The summed E-state index contributed by atoms with van der Waals surface area (Å²) in [6, 6.07) is 8.26. The van der Waals surface area contributed by atoms with Gasteiger partial charge in [0.05, 0.1) is 31.6 Å². The minimum Gasteiger partial charge on any atom is -0.498 e. The fourth-order valence-electron chi connectivity index (χ4n) is 10.0. The summed E-state index contributed by atoms with van der Waals surface area (Å²) in [4.78, 5) is 18.7. The first kappa shape index (κ1) is 26.5. The molecule has 0 bridgehead atoms. The molecule has 1 N–H and O–H groups in total. The Labute approximate surface area is 261 Å². The number of benzene rings is 2. The van der Waals surface area contributed by atoms with Crippen molar-refractivity contribution in [3.05, 3.63) is 69.7 Å². The summed E-state index contributed by atoms with van der Waals surface area (Å²) in [6.45, 7) is 3.65. The number of nitrogens with zero attached hydrogens (tertiary/aromatic N) is 2. The van der Waals surface area contributed by atoms with E-state index < -0.39 is 12.4 Å². The quantitative estimate of drug-likeness (QED) is 0.557. The molecule has 10 rings (SSSR count). The summed E-state index contributed by atoms with van der Waals surface area (Å²) < 4.78 is 36.2. The van der Waals surface area contributed by atoms with Crippen molar-refractivity contribution in [2.45, 2.75) is 61.5 Å². The Morgan fingerprint density at radius 3 is 2.47 bits per heavy atom. The molecule has 4 unspecified atom stereocenters. The van der Waals surface area contributed by atoms with Crippen LogP contribution in [0.15, 0.2) is 47.4 Å². The van der Waals surface area contributed by atoms with Crippen LogP contribution in [0.3, 0.4) is 0 Å². The second-order valence-corrected chi connectivity index (χ2v) is 13.6. The summed E-state index contributed by atoms with van der Waals surface area (Å²) in [6.07, 6.45) is 4.42. The molecule has 6 aliphatic heterocycles. The van der Waals surface area contributed by atoms with E-state index in [4.69, 9.17) is 28.4 Å². The Balaban J connectivity index is 0.999. The maximum absolute atomic E-state index is 13.8. The Morgan fingerprint density at radius 2 is 1.64 bits per heavy atom. The fourth-order valence-corrected chi connectivity index (χ4v) is 10.0. The van der Waals surface area contributed by atoms with Gasteiger partial charge in [-0.2, -0.15) is 0 Å². The van der Waals surface area contributed by atoms with Crippen LogP contribution in [0.25, 0.3) is 0 Å². The van der Waals surface area contributed by atoms with Crippen LogP contribution < -0.4 is 18.9 Å². The first-order valence-corrected chi connectivity index (χ1v) is 16.2. The van der Waals surface area contributed by atoms with Gasteiger partial charge in [0.25, 0.3) is 0 Å². The van der Waals surface area contributed by atoms with Crippen LogP contribution in [0.2, 0.25) is 0 Å². The van der Waals surface area contributed by atoms with Gasteiger partial charge in [-0.05, 0) is 90.4 Å². The molecule has 6 heterocycles. The standard InChI is InChI=1S/C35H36N2O8/c1-40-26-14-35-6-3-7-37(35)9-5-18-11-24-25(13-20(18)29(35)31(26)38)45-34(44-24)21-15-36-8-4-17-10-22-23(43-16-42-22)12-19(17)27-30(36)28(21)33(41-2)32(27)39/h10-14,21,27,29-30,32,34,39H,3-9,15-16H2,1-2H3/t21?,27-,29+,30?,32?,34?,35-/m0/s1. The number of aliphatic hydroxyl groups excluding tert-OH is 1. The van der Waals surface area contributed by atoms with Gasteiger partial charge in [0, 0.05) is 31.6 Å². The first-order chi connectivity index (χ1) is 22.0. The molecule has 234 valence electrons. The van der Waals surface area contributed by atoms with Crippen molar-refractivity contribution in [2.24, 2.45) is 5.92 Å². The molecule has 10 heteroatoms. The highest BCUT2D eigenvalue weighted by molar-refractivity contribution is 6.04. The molecule has 45 heavy (non-hydrogen) atoms. The molecular weight excluding hydrogens is 576 g/mol. The Kier molecular flexibility index (Phi) is 5.40.